The van der Waals surface area contributed by atoms with Crippen LogP contribution in [-0.4, -0.2) is 52.2 Å². The largest absolute Gasteiger partial charge is 0.478 e. The Kier molecular flexibility index (Phi) is 7.68. The summed E-state index contributed by atoms with van der Waals surface area (Å²) in [5.41, 5.74) is -0.158. The van der Waals surface area contributed by atoms with Gasteiger partial charge in [0.2, 0.25) is 5.91 Å². The molecule has 0 radical (unpaired) electrons. The van der Waals surface area contributed by atoms with Crippen molar-refractivity contribution in [1.29, 1.82) is 0 Å². The first-order valence-electron chi connectivity index (χ1n) is 10.9. The highest BCUT2D eigenvalue weighted by Gasteiger charge is 2.45. The second-order valence-corrected chi connectivity index (χ2v) is 8.95. The van der Waals surface area contributed by atoms with Crippen molar-refractivity contribution >= 4 is 29.5 Å². The monoisotopic (exact) mass is 483 g/mol. The fourth-order valence-corrected chi connectivity index (χ4v) is 3.76. The van der Waals surface area contributed by atoms with Gasteiger partial charge in [-0.3, -0.25) is 4.79 Å². The van der Waals surface area contributed by atoms with E-state index in [9.17, 15) is 23.6 Å². The van der Waals surface area contributed by atoms with Gasteiger partial charge in [-0.05, 0) is 45.0 Å². The number of nitrogens with zero attached hydrogens (tertiary/aromatic N) is 1. The van der Waals surface area contributed by atoms with Gasteiger partial charge in [0.15, 0.2) is 6.23 Å². The molecule has 10 heteroatoms. The average Bonchev–Trinajstić information content (AvgIpc) is 3.14. The molecule has 0 saturated carbocycles. The lowest BCUT2D eigenvalue weighted by Gasteiger charge is -2.34. The molecule has 9 nitrogen and oxygen atoms in total. The second kappa shape index (κ2) is 10.5. The SMILES string of the molecule is CC(C)(C)OC1C(=C=O)CC(c2ccccc2F)N1C(=O)CNC(=O)Nc1cccc(C(=O)O)c1. The van der Waals surface area contributed by atoms with Crippen LogP contribution in [0.2, 0.25) is 0 Å². The molecule has 0 bridgehead atoms. The van der Waals surface area contributed by atoms with Gasteiger partial charge >= 0.3 is 12.0 Å². The van der Waals surface area contributed by atoms with E-state index >= 15 is 0 Å². The maximum absolute atomic E-state index is 14.6. The molecular weight excluding hydrogens is 457 g/mol. The van der Waals surface area contributed by atoms with E-state index in [0.717, 1.165) is 0 Å². The quantitative estimate of drug-likeness (QED) is 0.540. The Morgan fingerprint density at radius 2 is 1.89 bits per heavy atom. The van der Waals surface area contributed by atoms with E-state index in [1.807, 2.05) is 5.94 Å². The van der Waals surface area contributed by atoms with Crippen LogP contribution < -0.4 is 10.6 Å². The number of rotatable bonds is 6. The molecule has 0 spiro atoms. The lowest BCUT2D eigenvalue weighted by molar-refractivity contribution is -0.153. The van der Waals surface area contributed by atoms with Gasteiger partial charge in [-0.2, -0.15) is 0 Å². The van der Waals surface area contributed by atoms with Crippen LogP contribution >= 0.6 is 0 Å². The summed E-state index contributed by atoms with van der Waals surface area (Å²) in [5.74, 6) is -0.466. The molecule has 1 aliphatic rings. The van der Waals surface area contributed by atoms with Gasteiger partial charge in [0.05, 0.1) is 29.3 Å². The van der Waals surface area contributed by atoms with E-state index in [2.05, 4.69) is 10.6 Å². The molecule has 35 heavy (non-hydrogen) atoms. The molecule has 1 aliphatic heterocycles. The van der Waals surface area contributed by atoms with E-state index < -0.39 is 48.1 Å². The molecule has 1 saturated heterocycles. The van der Waals surface area contributed by atoms with Gasteiger partial charge in [0.1, 0.15) is 11.8 Å². The molecule has 3 rings (SSSR count). The Labute approximate surface area is 201 Å². The standard InChI is InChI=1S/C25H26FN3O6/c1-25(2,3)35-22-16(14-30)12-20(18-9-4-5-10-19(18)26)29(22)21(31)13-27-24(34)28-17-8-6-7-15(11-17)23(32)33/h4-11,20,22H,12-13H2,1-3H3,(H,32,33)(H2,27,28,34). The van der Waals surface area contributed by atoms with Gasteiger partial charge in [-0.1, -0.05) is 24.3 Å². The molecule has 2 aromatic carbocycles. The maximum atomic E-state index is 14.6. The van der Waals surface area contributed by atoms with Crippen molar-refractivity contribution in [3.8, 4) is 0 Å². The Bertz CT molecular complexity index is 1190. The number of carbonyl (C=O) groups is 3. The molecular formula is C25H26FN3O6. The molecule has 3 N–H and O–H groups in total. The van der Waals surface area contributed by atoms with Crippen LogP contribution in [0.4, 0.5) is 14.9 Å². The molecule has 2 unspecified atom stereocenters. The summed E-state index contributed by atoms with van der Waals surface area (Å²) in [6.45, 7) is 4.79. The smallest absolute Gasteiger partial charge is 0.335 e. The van der Waals surface area contributed by atoms with Crippen LogP contribution in [0.3, 0.4) is 0 Å². The molecule has 0 aliphatic carbocycles. The topological polar surface area (TPSA) is 125 Å². The van der Waals surface area contributed by atoms with Gasteiger partial charge in [-0.25, -0.2) is 18.8 Å². The molecule has 1 heterocycles. The third-order valence-corrected chi connectivity index (χ3v) is 5.22. The Morgan fingerprint density at radius 1 is 1.17 bits per heavy atom. The zero-order chi connectivity index (χ0) is 25.8. The predicted molar refractivity (Wildman–Crippen MR) is 125 cm³/mol. The summed E-state index contributed by atoms with van der Waals surface area (Å²) < 4.78 is 20.6. The van der Waals surface area contributed by atoms with Crippen molar-refractivity contribution in [3.63, 3.8) is 0 Å². The minimum Gasteiger partial charge on any atom is -0.478 e. The number of aromatic carboxylic acids is 1. The van der Waals surface area contributed by atoms with Crippen molar-refractivity contribution in [2.45, 2.75) is 45.1 Å². The third-order valence-electron chi connectivity index (χ3n) is 5.22. The van der Waals surface area contributed by atoms with Crippen LogP contribution in [0.1, 0.15) is 49.2 Å². The highest BCUT2D eigenvalue weighted by atomic mass is 19.1. The van der Waals surface area contributed by atoms with E-state index in [1.165, 1.54) is 47.4 Å². The molecule has 2 atom stereocenters. The lowest BCUT2D eigenvalue weighted by atomic mass is 10.0. The van der Waals surface area contributed by atoms with Crippen LogP contribution in [0.25, 0.3) is 0 Å². The van der Waals surface area contributed by atoms with Crippen LogP contribution in [0, 0.1) is 5.82 Å². The summed E-state index contributed by atoms with van der Waals surface area (Å²) in [6, 6.07) is 9.96. The first-order valence-corrected chi connectivity index (χ1v) is 10.9. The van der Waals surface area contributed by atoms with Crippen molar-refractivity contribution in [3.05, 3.63) is 71.0 Å². The number of carbonyl (C=O) groups excluding carboxylic acids is 3. The predicted octanol–water partition coefficient (Wildman–Crippen LogP) is 3.52. The zero-order valence-corrected chi connectivity index (χ0v) is 19.5. The molecule has 1 fully saturated rings. The van der Waals surface area contributed by atoms with Gasteiger partial charge in [0.25, 0.3) is 0 Å². The first-order chi connectivity index (χ1) is 16.5. The number of ether oxygens (including phenoxy) is 1. The number of amides is 3. The van der Waals surface area contributed by atoms with Gasteiger partial charge < -0.3 is 25.4 Å². The number of carboxylic acids is 1. The van der Waals surface area contributed by atoms with Crippen LogP contribution in [-0.2, 0) is 14.3 Å². The minimum absolute atomic E-state index is 0.0148. The van der Waals surface area contributed by atoms with Crippen molar-refractivity contribution in [2.75, 3.05) is 11.9 Å². The molecule has 3 amide bonds. The normalized spacial score (nSPS) is 17.6. The summed E-state index contributed by atoms with van der Waals surface area (Å²) >= 11 is 0. The third kappa shape index (κ3) is 6.32. The number of hydrogen-bond acceptors (Lipinski definition) is 5. The van der Waals surface area contributed by atoms with E-state index in [-0.39, 0.29) is 28.8 Å². The number of anilines is 1. The highest BCUT2D eigenvalue weighted by molar-refractivity contribution is 5.94. The number of hydrogen-bond donors (Lipinski definition) is 3. The maximum Gasteiger partial charge on any atom is 0.335 e. The number of likely N-dealkylation sites (tertiary alicyclic amines) is 1. The van der Waals surface area contributed by atoms with Crippen LogP contribution in [0.15, 0.2) is 54.1 Å². The van der Waals surface area contributed by atoms with Gasteiger partial charge in [-0.15, -0.1) is 0 Å². The van der Waals surface area contributed by atoms with Crippen molar-refractivity contribution in [2.24, 2.45) is 0 Å². The van der Waals surface area contributed by atoms with Crippen LogP contribution in [0.5, 0.6) is 0 Å². The molecule has 0 aromatic heterocycles. The van der Waals surface area contributed by atoms with Gasteiger partial charge in [0, 0.05) is 17.7 Å². The number of benzene rings is 2. The number of halogens is 1. The zero-order valence-electron chi connectivity index (χ0n) is 19.5. The van der Waals surface area contributed by atoms with Crippen molar-refractivity contribution < 1.29 is 33.4 Å². The Hall–Kier alpha value is -4.01. The highest BCUT2D eigenvalue weighted by Crippen LogP contribution is 2.41. The molecule has 2 aromatic rings. The number of urea groups is 1. The lowest BCUT2D eigenvalue weighted by Crippen LogP contribution is -2.47. The summed E-state index contributed by atoms with van der Waals surface area (Å²) in [4.78, 5) is 49.6. The summed E-state index contributed by atoms with van der Waals surface area (Å²) in [6.07, 6.45) is -1.05. The first kappa shape index (κ1) is 25.6. The fourth-order valence-electron chi connectivity index (χ4n) is 3.76. The molecule has 184 valence electrons. The summed E-state index contributed by atoms with van der Waals surface area (Å²) in [7, 11) is 0. The van der Waals surface area contributed by atoms with E-state index in [4.69, 9.17) is 9.84 Å². The van der Waals surface area contributed by atoms with Crippen molar-refractivity contribution in [1.82, 2.24) is 10.2 Å². The Balaban J connectivity index is 1.80. The second-order valence-electron chi connectivity index (χ2n) is 8.95. The van der Waals surface area contributed by atoms with E-state index in [0.29, 0.717) is 0 Å². The summed E-state index contributed by atoms with van der Waals surface area (Å²) in [5, 5.41) is 14.0. The number of carboxylic acid groups (broad SMARTS) is 1. The number of nitrogens with one attached hydrogen (secondary N) is 2. The minimum atomic E-state index is -1.15. The van der Waals surface area contributed by atoms with E-state index in [1.54, 1.807) is 26.8 Å². The fraction of sp³-hybridized carbons (Fsp3) is 0.320. The average molecular weight is 483 g/mol. The Morgan fingerprint density at radius 3 is 2.51 bits per heavy atom.